The molecule has 1 heterocycles. The van der Waals surface area contributed by atoms with Gasteiger partial charge in [0.2, 0.25) is 11.8 Å². The second-order valence-electron chi connectivity index (χ2n) is 6.68. The summed E-state index contributed by atoms with van der Waals surface area (Å²) in [6.45, 7) is 4.83. The van der Waals surface area contributed by atoms with Crippen LogP contribution in [0.3, 0.4) is 0 Å². The van der Waals surface area contributed by atoms with Crippen molar-refractivity contribution in [1.29, 1.82) is 0 Å². The van der Waals surface area contributed by atoms with Crippen molar-refractivity contribution in [2.75, 3.05) is 25.5 Å². The highest BCUT2D eigenvalue weighted by atomic mass is 79.9. The quantitative estimate of drug-likeness (QED) is 0.695. The maximum Gasteiger partial charge on any atom is 0.239 e. The number of carbonyl (C=O) groups excluding carboxylic acids is 2. The molecule has 0 bridgehead atoms. The van der Waals surface area contributed by atoms with Gasteiger partial charge in [0.1, 0.15) is 5.82 Å². The van der Waals surface area contributed by atoms with Crippen molar-refractivity contribution in [3.05, 3.63) is 58.7 Å². The van der Waals surface area contributed by atoms with Gasteiger partial charge in [-0.25, -0.2) is 4.98 Å². The summed E-state index contributed by atoms with van der Waals surface area (Å²) >= 11 is 3.30. The van der Waals surface area contributed by atoms with Crippen molar-refractivity contribution in [2.45, 2.75) is 26.4 Å². The molecular weight excluding hydrogens is 408 g/mol. The van der Waals surface area contributed by atoms with Crippen LogP contribution < -0.4 is 5.32 Å². The molecule has 1 N–H and O–H groups in total. The van der Waals surface area contributed by atoms with E-state index in [1.807, 2.05) is 49.1 Å². The molecule has 6 nitrogen and oxygen atoms in total. The molecule has 1 aromatic heterocycles. The molecule has 0 radical (unpaired) electrons. The van der Waals surface area contributed by atoms with Crippen molar-refractivity contribution >= 4 is 33.6 Å². The van der Waals surface area contributed by atoms with E-state index >= 15 is 0 Å². The number of amides is 2. The van der Waals surface area contributed by atoms with Crippen molar-refractivity contribution in [2.24, 2.45) is 0 Å². The third kappa shape index (κ3) is 7.11. The second-order valence-corrected chi connectivity index (χ2v) is 7.60. The number of hydrogen-bond donors (Lipinski definition) is 1. The molecule has 7 heteroatoms. The molecule has 0 aliphatic carbocycles. The van der Waals surface area contributed by atoms with Crippen LogP contribution in [0.2, 0.25) is 0 Å². The van der Waals surface area contributed by atoms with Crippen LogP contribution in [0.1, 0.15) is 19.4 Å². The van der Waals surface area contributed by atoms with Gasteiger partial charge in [-0.2, -0.15) is 0 Å². The standard InChI is InChI=1S/C20H25BrN4O2/c1-15(2)25(12-16-7-5-4-6-8-16)20(27)14-24(3)13-19(26)23-18-10-9-17(21)11-22-18/h4-11,15H,12-14H2,1-3H3,(H,22,23,26). The van der Waals surface area contributed by atoms with Crippen LogP contribution in [0.15, 0.2) is 53.1 Å². The zero-order valence-corrected chi connectivity index (χ0v) is 17.4. The van der Waals surface area contributed by atoms with Gasteiger partial charge >= 0.3 is 0 Å². The molecule has 144 valence electrons. The van der Waals surface area contributed by atoms with E-state index in [1.54, 1.807) is 30.3 Å². The molecule has 0 spiro atoms. The molecule has 0 aliphatic heterocycles. The molecule has 1 aromatic carbocycles. The van der Waals surface area contributed by atoms with Crippen molar-refractivity contribution in [1.82, 2.24) is 14.8 Å². The van der Waals surface area contributed by atoms with Crippen LogP contribution in [0.25, 0.3) is 0 Å². The van der Waals surface area contributed by atoms with Crippen molar-refractivity contribution < 1.29 is 9.59 Å². The van der Waals surface area contributed by atoms with Crippen molar-refractivity contribution in [3.8, 4) is 0 Å². The first-order valence-corrected chi connectivity index (χ1v) is 9.58. The highest BCUT2D eigenvalue weighted by molar-refractivity contribution is 9.10. The normalized spacial score (nSPS) is 10.9. The summed E-state index contributed by atoms with van der Waals surface area (Å²) in [5.41, 5.74) is 1.08. The molecule has 0 atom stereocenters. The average Bonchev–Trinajstić information content (AvgIpc) is 2.62. The average molecular weight is 433 g/mol. The third-order valence-electron chi connectivity index (χ3n) is 3.95. The van der Waals surface area contributed by atoms with E-state index < -0.39 is 0 Å². The summed E-state index contributed by atoms with van der Waals surface area (Å²) < 4.78 is 0.843. The predicted octanol–water partition coefficient (Wildman–Crippen LogP) is 3.15. The zero-order chi connectivity index (χ0) is 19.8. The molecular formula is C20H25BrN4O2. The molecule has 0 aliphatic rings. The van der Waals surface area contributed by atoms with Gasteiger partial charge in [-0.15, -0.1) is 0 Å². The number of hydrogen-bond acceptors (Lipinski definition) is 4. The number of rotatable bonds is 8. The maximum atomic E-state index is 12.7. The Morgan fingerprint density at radius 1 is 1.11 bits per heavy atom. The Hall–Kier alpha value is -2.25. The third-order valence-corrected chi connectivity index (χ3v) is 4.42. The lowest BCUT2D eigenvalue weighted by molar-refractivity contribution is -0.134. The first kappa shape index (κ1) is 21.1. The van der Waals surface area contributed by atoms with Gasteiger partial charge in [-0.3, -0.25) is 14.5 Å². The first-order valence-electron chi connectivity index (χ1n) is 8.78. The van der Waals surface area contributed by atoms with Crippen LogP contribution in [-0.4, -0.2) is 52.8 Å². The monoisotopic (exact) mass is 432 g/mol. The van der Waals surface area contributed by atoms with E-state index in [0.29, 0.717) is 12.4 Å². The topological polar surface area (TPSA) is 65.5 Å². The summed E-state index contributed by atoms with van der Waals surface area (Å²) in [4.78, 5) is 32.5. The van der Waals surface area contributed by atoms with Crippen LogP contribution in [0.4, 0.5) is 5.82 Å². The molecule has 0 fully saturated rings. The highest BCUT2D eigenvalue weighted by Crippen LogP contribution is 2.11. The molecule has 27 heavy (non-hydrogen) atoms. The van der Waals surface area contributed by atoms with Crippen molar-refractivity contribution in [3.63, 3.8) is 0 Å². The maximum absolute atomic E-state index is 12.7. The Kier molecular flexibility index (Phi) is 7.94. The Morgan fingerprint density at radius 2 is 1.81 bits per heavy atom. The number of aromatic nitrogens is 1. The van der Waals surface area contributed by atoms with Gasteiger partial charge in [0.15, 0.2) is 0 Å². The summed E-state index contributed by atoms with van der Waals surface area (Å²) in [5.74, 6) is 0.265. The predicted molar refractivity (Wildman–Crippen MR) is 110 cm³/mol. The van der Waals surface area contributed by atoms with Crippen LogP contribution in [0, 0.1) is 0 Å². The molecule has 0 saturated carbocycles. The Labute approximate surface area is 168 Å². The fourth-order valence-electron chi connectivity index (χ4n) is 2.59. The number of nitrogens with one attached hydrogen (secondary N) is 1. The van der Waals surface area contributed by atoms with Gasteiger partial charge in [0.25, 0.3) is 0 Å². The second kappa shape index (κ2) is 10.2. The van der Waals surface area contributed by atoms with E-state index in [1.165, 1.54) is 0 Å². The fourth-order valence-corrected chi connectivity index (χ4v) is 2.83. The number of nitrogens with zero attached hydrogens (tertiary/aromatic N) is 3. The van der Waals surface area contributed by atoms with E-state index in [2.05, 4.69) is 26.2 Å². The first-order chi connectivity index (χ1) is 12.8. The summed E-state index contributed by atoms with van der Waals surface area (Å²) in [7, 11) is 1.76. The van der Waals surface area contributed by atoms with Crippen LogP contribution in [0.5, 0.6) is 0 Å². The molecule has 2 aromatic rings. The summed E-state index contributed by atoms with van der Waals surface area (Å²) in [6, 6.07) is 13.5. The van der Waals surface area contributed by atoms with Gasteiger partial charge in [-0.05, 0) is 54.5 Å². The minimum absolute atomic E-state index is 0.00841. The molecule has 0 saturated heterocycles. The number of benzene rings is 1. The number of pyridine rings is 1. The summed E-state index contributed by atoms with van der Waals surface area (Å²) in [5, 5.41) is 2.73. The van der Waals surface area contributed by atoms with Gasteiger partial charge in [-0.1, -0.05) is 30.3 Å². The fraction of sp³-hybridized carbons (Fsp3) is 0.350. The number of halogens is 1. The smallest absolute Gasteiger partial charge is 0.239 e. The van der Waals surface area contributed by atoms with E-state index in [0.717, 1.165) is 10.0 Å². The minimum atomic E-state index is -0.209. The van der Waals surface area contributed by atoms with E-state index in [-0.39, 0.29) is 30.9 Å². The lowest BCUT2D eigenvalue weighted by Gasteiger charge is -2.29. The van der Waals surface area contributed by atoms with E-state index in [4.69, 9.17) is 0 Å². The Morgan fingerprint density at radius 3 is 2.41 bits per heavy atom. The number of likely N-dealkylation sites (N-methyl/N-ethyl adjacent to an activating group) is 1. The SMILES string of the molecule is CC(C)N(Cc1ccccc1)C(=O)CN(C)CC(=O)Nc1ccc(Br)cn1. The number of anilines is 1. The highest BCUT2D eigenvalue weighted by Gasteiger charge is 2.20. The minimum Gasteiger partial charge on any atom is -0.335 e. The zero-order valence-electron chi connectivity index (χ0n) is 15.9. The summed E-state index contributed by atoms with van der Waals surface area (Å²) in [6.07, 6.45) is 1.62. The van der Waals surface area contributed by atoms with E-state index in [9.17, 15) is 9.59 Å². The van der Waals surface area contributed by atoms with Crippen LogP contribution >= 0.6 is 15.9 Å². The molecule has 2 amide bonds. The molecule has 0 unspecified atom stereocenters. The lowest BCUT2D eigenvalue weighted by atomic mass is 10.2. The van der Waals surface area contributed by atoms with Gasteiger partial charge < -0.3 is 10.2 Å². The largest absolute Gasteiger partial charge is 0.335 e. The Bertz CT molecular complexity index is 750. The van der Waals surface area contributed by atoms with Gasteiger partial charge in [0, 0.05) is 23.3 Å². The Balaban J connectivity index is 1.88. The number of carbonyl (C=O) groups is 2. The molecule has 2 rings (SSSR count). The lowest BCUT2D eigenvalue weighted by Crippen LogP contribution is -2.44. The van der Waals surface area contributed by atoms with Gasteiger partial charge in [0.05, 0.1) is 13.1 Å². The van der Waals surface area contributed by atoms with Crippen LogP contribution in [-0.2, 0) is 16.1 Å².